The maximum absolute atomic E-state index is 11.5. The quantitative estimate of drug-likeness (QED) is 0.708. The Morgan fingerprint density at radius 1 is 1.32 bits per heavy atom. The molecule has 6 nitrogen and oxygen atoms in total. The molecule has 1 atom stereocenters. The zero-order chi connectivity index (χ0) is 15.6. The molecule has 0 aromatic carbocycles. The van der Waals surface area contributed by atoms with Gasteiger partial charge in [0, 0.05) is 26.3 Å². The van der Waals surface area contributed by atoms with Crippen molar-refractivity contribution in [1.82, 2.24) is 14.8 Å². The molecule has 3 rings (SSSR count). The lowest BCUT2D eigenvalue weighted by atomic mass is 10.1. The molecule has 0 bridgehead atoms. The van der Waals surface area contributed by atoms with Crippen molar-refractivity contribution in [2.24, 2.45) is 13.0 Å². The zero-order valence-electron chi connectivity index (χ0n) is 13.1. The molecule has 1 N–H and O–H groups in total. The highest BCUT2D eigenvalue weighted by atomic mass is 32.2. The summed E-state index contributed by atoms with van der Waals surface area (Å²) in [6, 6.07) is 0. The van der Waals surface area contributed by atoms with E-state index >= 15 is 0 Å². The summed E-state index contributed by atoms with van der Waals surface area (Å²) >= 11 is 1.76. The van der Waals surface area contributed by atoms with E-state index in [0.717, 1.165) is 29.6 Å². The third-order valence-corrected chi connectivity index (χ3v) is 7.58. The van der Waals surface area contributed by atoms with Gasteiger partial charge in [0.2, 0.25) is 0 Å². The minimum atomic E-state index is -2.81. The number of hydrogen-bond acceptors (Lipinski definition) is 5. The Kier molecular flexibility index (Phi) is 5.09. The fourth-order valence-corrected chi connectivity index (χ4v) is 6.18. The van der Waals surface area contributed by atoms with Gasteiger partial charge in [-0.15, -0.1) is 10.2 Å². The fraction of sp³-hybridized carbons (Fsp3) is 0.857. The highest BCUT2D eigenvalue weighted by Gasteiger charge is 2.29. The maximum atomic E-state index is 11.5. The van der Waals surface area contributed by atoms with Gasteiger partial charge in [0.15, 0.2) is 15.0 Å². The van der Waals surface area contributed by atoms with Gasteiger partial charge in [-0.05, 0) is 12.3 Å². The van der Waals surface area contributed by atoms with Gasteiger partial charge in [-0.25, -0.2) is 8.42 Å². The van der Waals surface area contributed by atoms with Crippen LogP contribution in [0.25, 0.3) is 0 Å². The molecule has 0 amide bonds. The molecule has 2 fully saturated rings. The second-order valence-electron chi connectivity index (χ2n) is 6.49. The molecule has 1 aromatic rings. The van der Waals surface area contributed by atoms with Crippen LogP contribution in [-0.4, -0.2) is 60.1 Å². The molecule has 0 spiro atoms. The topological polar surface area (TPSA) is 69.3 Å². The average molecular weight is 346 g/mol. The summed E-state index contributed by atoms with van der Waals surface area (Å²) in [6.45, 7) is 3.80. The van der Waals surface area contributed by atoms with Crippen LogP contribution in [0.1, 0.15) is 25.1 Å². The number of rotatable bonds is 6. The van der Waals surface area contributed by atoms with Crippen LogP contribution in [0.4, 0.5) is 0 Å². The number of sulfone groups is 1. The molecular weight excluding hydrogens is 320 g/mol. The average Bonchev–Trinajstić information content (AvgIpc) is 3.16. The van der Waals surface area contributed by atoms with E-state index in [4.69, 9.17) is 0 Å². The van der Waals surface area contributed by atoms with Crippen LogP contribution < -0.4 is 4.90 Å². The second kappa shape index (κ2) is 6.88. The van der Waals surface area contributed by atoms with Crippen molar-refractivity contribution >= 4 is 21.6 Å². The van der Waals surface area contributed by atoms with E-state index in [1.165, 1.54) is 32.5 Å². The molecule has 8 heteroatoms. The van der Waals surface area contributed by atoms with Gasteiger partial charge in [-0.3, -0.25) is 0 Å². The maximum Gasteiger partial charge on any atom is 0.191 e. The summed E-state index contributed by atoms with van der Waals surface area (Å²) in [5.74, 6) is 2.83. The van der Waals surface area contributed by atoms with Gasteiger partial charge in [-0.1, -0.05) is 11.8 Å². The van der Waals surface area contributed by atoms with E-state index in [0.29, 0.717) is 11.5 Å². The second-order valence-corrected chi connectivity index (χ2v) is 9.78. The number of nitrogens with zero attached hydrogens (tertiary/aromatic N) is 3. The molecule has 2 aliphatic rings. The molecular formula is C14H25N4O2S2+. The van der Waals surface area contributed by atoms with E-state index in [2.05, 4.69) is 10.2 Å². The van der Waals surface area contributed by atoms with Crippen LogP contribution in [-0.2, 0) is 23.3 Å². The first kappa shape index (κ1) is 16.3. The van der Waals surface area contributed by atoms with Crippen LogP contribution in [0.3, 0.4) is 0 Å². The van der Waals surface area contributed by atoms with Gasteiger partial charge < -0.3 is 9.47 Å². The normalized spacial score (nSPS) is 25.0. The highest BCUT2D eigenvalue weighted by Crippen LogP contribution is 2.23. The van der Waals surface area contributed by atoms with E-state index in [1.54, 1.807) is 16.7 Å². The zero-order valence-corrected chi connectivity index (χ0v) is 14.8. The number of hydrogen-bond donors (Lipinski definition) is 1. The monoisotopic (exact) mass is 345 g/mol. The summed E-state index contributed by atoms with van der Waals surface area (Å²) in [7, 11) is -0.821. The van der Waals surface area contributed by atoms with Crippen LogP contribution >= 0.6 is 11.8 Å². The molecule has 2 aliphatic heterocycles. The first-order valence-corrected chi connectivity index (χ1v) is 10.9. The van der Waals surface area contributed by atoms with Gasteiger partial charge in [0.05, 0.1) is 36.9 Å². The number of aromatic nitrogens is 3. The van der Waals surface area contributed by atoms with E-state index in [9.17, 15) is 8.42 Å². The van der Waals surface area contributed by atoms with Gasteiger partial charge >= 0.3 is 0 Å². The fourth-order valence-electron chi connectivity index (χ4n) is 3.35. The number of thioether (sulfide) groups is 1. The lowest BCUT2D eigenvalue weighted by Crippen LogP contribution is -3.10. The minimum absolute atomic E-state index is 0.208. The predicted octanol–water partition coefficient (Wildman–Crippen LogP) is -0.437. The van der Waals surface area contributed by atoms with E-state index < -0.39 is 9.84 Å². The van der Waals surface area contributed by atoms with Crippen LogP contribution in [0, 0.1) is 5.92 Å². The van der Waals surface area contributed by atoms with Crippen molar-refractivity contribution < 1.29 is 13.3 Å². The molecule has 0 radical (unpaired) electrons. The van der Waals surface area contributed by atoms with Crippen molar-refractivity contribution in [3.63, 3.8) is 0 Å². The van der Waals surface area contributed by atoms with Gasteiger partial charge in [0.25, 0.3) is 0 Å². The van der Waals surface area contributed by atoms with Crippen LogP contribution in [0.15, 0.2) is 5.16 Å². The van der Waals surface area contributed by atoms with Crippen molar-refractivity contribution in [1.29, 1.82) is 0 Å². The number of quaternary nitrogens is 1. The largest absolute Gasteiger partial charge is 0.334 e. The Bertz CT molecular complexity index is 608. The van der Waals surface area contributed by atoms with Gasteiger partial charge in [-0.2, -0.15) is 0 Å². The smallest absolute Gasteiger partial charge is 0.191 e. The summed E-state index contributed by atoms with van der Waals surface area (Å²) in [5.41, 5.74) is 0. The Hall–Kier alpha value is -0.600. The Morgan fingerprint density at radius 2 is 2.09 bits per heavy atom. The highest BCUT2D eigenvalue weighted by molar-refractivity contribution is 7.99. The Labute approximate surface area is 136 Å². The minimum Gasteiger partial charge on any atom is -0.334 e. The van der Waals surface area contributed by atoms with Crippen molar-refractivity contribution in [3.05, 3.63) is 5.82 Å². The molecule has 2 saturated heterocycles. The summed E-state index contributed by atoms with van der Waals surface area (Å²) in [4.78, 5) is 1.70. The summed E-state index contributed by atoms with van der Waals surface area (Å²) in [6.07, 6.45) is 4.20. The standard InChI is InChI=1S/C14H24N4O2S2/c1-17-13(10-12-4-9-22(19,20)11-12)15-16-14(17)21-8-7-18-5-2-3-6-18/h12H,2-11H2,1H3/p+1/t12-/m1/s1. The molecule has 0 aliphatic carbocycles. The van der Waals surface area contributed by atoms with E-state index in [1.807, 2.05) is 11.6 Å². The predicted molar refractivity (Wildman–Crippen MR) is 87.0 cm³/mol. The van der Waals surface area contributed by atoms with E-state index in [-0.39, 0.29) is 5.92 Å². The van der Waals surface area contributed by atoms with Crippen molar-refractivity contribution in [3.8, 4) is 0 Å². The molecule has 1 aromatic heterocycles. The van der Waals surface area contributed by atoms with Gasteiger partial charge in [0.1, 0.15) is 5.82 Å². The molecule has 0 unspecified atom stereocenters. The molecule has 22 heavy (non-hydrogen) atoms. The van der Waals surface area contributed by atoms with Crippen molar-refractivity contribution in [2.45, 2.75) is 30.8 Å². The van der Waals surface area contributed by atoms with Crippen molar-refractivity contribution in [2.75, 3.05) is 36.9 Å². The molecule has 124 valence electrons. The number of nitrogens with one attached hydrogen (secondary N) is 1. The first-order valence-electron chi connectivity index (χ1n) is 8.08. The summed E-state index contributed by atoms with van der Waals surface area (Å²) < 4.78 is 25.1. The SMILES string of the molecule is Cn1c(C[C@H]2CCS(=O)(=O)C2)nnc1SCC[NH+]1CCCC1. The molecule has 3 heterocycles. The van der Waals surface area contributed by atoms with Crippen LogP contribution in [0.2, 0.25) is 0 Å². The number of likely N-dealkylation sites (tertiary alicyclic amines) is 1. The first-order chi connectivity index (χ1) is 10.5. The lowest BCUT2D eigenvalue weighted by molar-refractivity contribution is -0.884. The third-order valence-electron chi connectivity index (χ3n) is 4.72. The Balaban J connectivity index is 1.50. The Morgan fingerprint density at radius 3 is 2.77 bits per heavy atom. The lowest BCUT2D eigenvalue weighted by Gasteiger charge is -2.11. The summed E-state index contributed by atoms with van der Waals surface area (Å²) in [5, 5.41) is 9.50. The molecule has 0 saturated carbocycles. The third kappa shape index (κ3) is 4.02. The van der Waals surface area contributed by atoms with Crippen LogP contribution in [0.5, 0.6) is 0 Å².